The van der Waals surface area contributed by atoms with E-state index in [1.165, 1.54) is 0 Å². The third-order valence-corrected chi connectivity index (χ3v) is 7.36. The second-order valence-electron chi connectivity index (χ2n) is 10.6. The van der Waals surface area contributed by atoms with Gasteiger partial charge in [-0.25, -0.2) is 0 Å². The molecule has 1 aliphatic carbocycles. The molecule has 8 bridgehead atoms. The van der Waals surface area contributed by atoms with Crippen molar-refractivity contribution in [2.75, 3.05) is 24.7 Å². The van der Waals surface area contributed by atoms with Gasteiger partial charge in [-0.3, -0.25) is 0 Å². The van der Waals surface area contributed by atoms with Crippen LogP contribution in [0.15, 0.2) is 60.7 Å². The molecule has 0 amide bonds. The van der Waals surface area contributed by atoms with Gasteiger partial charge in [-0.2, -0.15) is 0 Å². The highest BCUT2D eigenvalue weighted by Gasteiger charge is 2.21. The first kappa shape index (κ1) is 27.3. The zero-order valence-electron chi connectivity index (χ0n) is 23.3. The highest BCUT2D eigenvalue weighted by Crippen LogP contribution is 2.39. The smallest absolute Gasteiger partial charge is 0.126 e. The van der Waals surface area contributed by atoms with Crippen LogP contribution in [-0.2, 0) is 25.7 Å². The van der Waals surface area contributed by atoms with Crippen molar-refractivity contribution in [3.05, 3.63) is 105 Å². The third kappa shape index (κ3) is 5.67. The highest BCUT2D eigenvalue weighted by molar-refractivity contribution is 5.60. The Bertz CT molecular complexity index is 1320. The molecule has 0 spiro atoms. The minimum absolute atomic E-state index is 0.232. The molecular weight excluding hydrogens is 500 g/mol. The predicted molar refractivity (Wildman–Crippen MR) is 161 cm³/mol. The maximum absolute atomic E-state index is 11.5. The van der Waals surface area contributed by atoms with Crippen molar-refractivity contribution in [3.63, 3.8) is 0 Å². The van der Waals surface area contributed by atoms with Crippen molar-refractivity contribution < 1.29 is 19.7 Å². The Labute approximate surface area is 236 Å². The fourth-order valence-electron chi connectivity index (χ4n) is 5.55. The monoisotopic (exact) mass is 538 g/mol. The number of phenols is 2. The molecule has 5 rings (SSSR count). The van der Waals surface area contributed by atoms with Crippen molar-refractivity contribution in [2.24, 2.45) is 0 Å². The maximum atomic E-state index is 11.5. The van der Waals surface area contributed by atoms with E-state index in [1.807, 2.05) is 60.7 Å². The number of ether oxygens (including phenoxy) is 2. The van der Waals surface area contributed by atoms with Crippen LogP contribution in [0.3, 0.4) is 0 Å². The summed E-state index contributed by atoms with van der Waals surface area (Å²) in [5.41, 5.74) is 20.7. The molecule has 0 heterocycles. The fourth-order valence-corrected chi connectivity index (χ4v) is 5.55. The van der Waals surface area contributed by atoms with Gasteiger partial charge in [0.2, 0.25) is 0 Å². The number of aromatic hydroxyl groups is 2. The summed E-state index contributed by atoms with van der Waals surface area (Å²) in [6, 6.07) is 19.4. The molecule has 0 saturated carbocycles. The first-order valence-corrected chi connectivity index (χ1v) is 14.1. The Kier molecular flexibility index (Phi) is 8.06. The van der Waals surface area contributed by atoms with Crippen LogP contribution >= 0.6 is 0 Å². The quantitative estimate of drug-likeness (QED) is 0.145. The second kappa shape index (κ2) is 11.8. The van der Waals surface area contributed by atoms with Crippen LogP contribution < -0.4 is 20.9 Å². The van der Waals surface area contributed by atoms with Crippen LogP contribution in [0.2, 0.25) is 0 Å². The summed E-state index contributed by atoms with van der Waals surface area (Å²) in [7, 11) is 0. The Morgan fingerprint density at radius 3 is 1.12 bits per heavy atom. The standard InChI is InChI=1S/C34H38N2O4/c1-3-11-39-33-21-7-5-8-22(33)14-26-18-30(36)20-28(32(26)38)16-24-10-6-9-23(34(24)40-12-4-2)15-27-19-29(35)17-25(13-21)31(27)37/h5-10,17-20,37-38H,3-4,11-16,35-36H2,1-2H3. The number of hydrogen-bond donors (Lipinski definition) is 4. The van der Waals surface area contributed by atoms with E-state index in [0.717, 1.165) is 68.8 Å². The molecule has 6 N–H and O–H groups in total. The molecule has 208 valence electrons. The van der Waals surface area contributed by atoms with E-state index in [-0.39, 0.29) is 11.5 Å². The lowest BCUT2D eigenvalue weighted by molar-refractivity contribution is 0.311. The second-order valence-corrected chi connectivity index (χ2v) is 10.6. The summed E-state index contributed by atoms with van der Waals surface area (Å²) in [6.07, 6.45) is 3.51. The number of fused-ring (bicyclic) bond motifs is 8. The predicted octanol–water partition coefficient (Wildman–Crippen LogP) is 6.52. The normalized spacial score (nSPS) is 12.7. The van der Waals surface area contributed by atoms with Crippen LogP contribution in [-0.4, -0.2) is 23.4 Å². The van der Waals surface area contributed by atoms with Gasteiger partial charge in [-0.1, -0.05) is 50.2 Å². The number of hydrogen-bond acceptors (Lipinski definition) is 6. The number of para-hydroxylation sites is 2. The lowest BCUT2D eigenvalue weighted by Gasteiger charge is -2.21. The van der Waals surface area contributed by atoms with Crippen molar-refractivity contribution in [1.29, 1.82) is 0 Å². The van der Waals surface area contributed by atoms with E-state index in [2.05, 4.69) is 13.8 Å². The van der Waals surface area contributed by atoms with Crippen molar-refractivity contribution >= 4 is 11.4 Å². The van der Waals surface area contributed by atoms with Crippen molar-refractivity contribution in [1.82, 2.24) is 0 Å². The Morgan fingerprint density at radius 2 is 0.850 bits per heavy atom. The Morgan fingerprint density at radius 1 is 0.550 bits per heavy atom. The summed E-state index contributed by atoms with van der Waals surface area (Å²) in [6.45, 7) is 5.25. The molecule has 4 aromatic rings. The Hall–Kier alpha value is -4.32. The first-order chi connectivity index (χ1) is 19.4. The number of nitrogens with two attached hydrogens (primary N) is 2. The molecule has 0 radical (unpaired) electrons. The fraction of sp³-hybridized carbons (Fsp3) is 0.294. The molecule has 4 aromatic carbocycles. The molecule has 1 aliphatic rings. The van der Waals surface area contributed by atoms with Gasteiger partial charge in [-0.05, 0) is 59.4 Å². The van der Waals surface area contributed by atoms with Crippen molar-refractivity contribution in [3.8, 4) is 23.0 Å². The Balaban J connectivity index is 1.75. The van der Waals surface area contributed by atoms with Crippen LogP contribution in [0.4, 0.5) is 11.4 Å². The van der Waals surface area contributed by atoms with Gasteiger partial charge in [0.25, 0.3) is 0 Å². The number of phenolic OH excluding ortho intramolecular Hbond substituents is 2. The molecule has 0 aliphatic heterocycles. The van der Waals surface area contributed by atoms with Gasteiger partial charge < -0.3 is 31.2 Å². The van der Waals surface area contributed by atoms with E-state index in [9.17, 15) is 10.2 Å². The van der Waals surface area contributed by atoms with Crippen molar-refractivity contribution in [2.45, 2.75) is 52.4 Å². The maximum Gasteiger partial charge on any atom is 0.126 e. The van der Waals surface area contributed by atoms with Gasteiger partial charge in [0.1, 0.15) is 23.0 Å². The van der Waals surface area contributed by atoms with E-state index >= 15 is 0 Å². The van der Waals surface area contributed by atoms with Gasteiger partial charge in [-0.15, -0.1) is 0 Å². The lowest BCUT2D eigenvalue weighted by atomic mass is 9.91. The number of rotatable bonds is 6. The number of benzene rings is 4. The van der Waals surface area contributed by atoms with Crippen LogP contribution in [0.5, 0.6) is 23.0 Å². The summed E-state index contributed by atoms with van der Waals surface area (Å²) < 4.78 is 12.6. The largest absolute Gasteiger partial charge is 0.507 e. The lowest BCUT2D eigenvalue weighted by Crippen LogP contribution is -2.07. The van der Waals surface area contributed by atoms with Gasteiger partial charge >= 0.3 is 0 Å². The van der Waals surface area contributed by atoms with E-state index in [4.69, 9.17) is 20.9 Å². The summed E-state index contributed by atoms with van der Waals surface area (Å²) in [5.74, 6) is 2.00. The zero-order chi connectivity index (χ0) is 28.2. The summed E-state index contributed by atoms with van der Waals surface area (Å²) in [4.78, 5) is 0. The molecule has 6 nitrogen and oxygen atoms in total. The van der Waals surface area contributed by atoms with Crippen LogP contribution in [0.1, 0.15) is 71.2 Å². The molecule has 0 atom stereocenters. The van der Waals surface area contributed by atoms with Crippen LogP contribution in [0.25, 0.3) is 0 Å². The molecule has 0 aromatic heterocycles. The minimum Gasteiger partial charge on any atom is -0.507 e. The number of anilines is 2. The molecule has 6 heteroatoms. The minimum atomic E-state index is 0.232. The molecule has 0 unspecified atom stereocenters. The molecule has 0 saturated heterocycles. The highest BCUT2D eigenvalue weighted by atomic mass is 16.5. The summed E-state index contributed by atoms with van der Waals surface area (Å²) >= 11 is 0. The topological polar surface area (TPSA) is 111 Å². The molecule has 40 heavy (non-hydrogen) atoms. The molecule has 0 fully saturated rings. The summed E-state index contributed by atoms with van der Waals surface area (Å²) in [5, 5.41) is 22.9. The van der Waals surface area contributed by atoms with Gasteiger partial charge in [0.05, 0.1) is 13.2 Å². The average molecular weight is 539 g/mol. The SMILES string of the molecule is CCCOc1c2cccc1Cc1cc(N)cc(c1O)Cc1cccc(c1OCCC)Cc1cc(N)cc(c1O)C2. The van der Waals surface area contributed by atoms with Gasteiger partial charge in [0, 0.05) is 59.3 Å². The third-order valence-electron chi connectivity index (χ3n) is 7.36. The van der Waals surface area contributed by atoms with Gasteiger partial charge in [0.15, 0.2) is 0 Å². The van der Waals surface area contributed by atoms with E-state index in [0.29, 0.717) is 50.3 Å². The van der Waals surface area contributed by atoms with Crippen LogP contribution in [0, 0.1) is 0 Å². The zero-order valence-corrected chi connectivity index (χ0v) is 23.3. The number of nitrogen functional groups attached to an aromatic ring is 2. The molecular formula is C34H38N2O4. The first-order valence-electron chi connectivity index (χ1n) is 14.1. The average Bonchev–Trinajstić information content (AvgIpc) is 2.92. The van der Waals surface area contributed by atoms with E-state index in [1.54, 1.807) is 0 Å². The van der Waals surface area contributed by atoms with E-state index < -0.39 is 0 Å².